The summed E-state index contributed by atoms with van der Waals surface area (Å²) >= 11 is 4.48. The summed E-state index contributed by atoms with van der Waals surface area (Å²) in [5.74, 6) is -1.26. The van der Waals surface area contributed by atoms with E-state index in [4.69, 9.17) is 10.9 Å². The molecule has 0 amide bonds. The molecule has 2 rings (SSSR count). The quantitative estimate of drug-likeness (QED) is 0.377. The van der Waals surface area contributed by atoms with Gasteiger partial charge < -0.3 is 10.9 Å². The number of rotatable bonds is 3. The molecule has 0 heterocycles. The average Bonchev–Trinajstić information content (AvgIpc) is 2.42. The largest absolute Gasteiger partial charge is 0.409 e. The maximum atomic E-state index is 13.6. The zero-order valence-corrected chi connectivity index (χ0v) is 12.4. The molecule has 3 nitrogen and oxygen atoms in total. The molecule has 0 aliphatic carbocycles. The van der Waals surface area contributed by atoms with Gasteiger partial charge in [-0.2, -0.15) is 0 Å². The Morgan fingerprint density at radius 2 is 1.85 bits per heavy atom. The maximum Gasteiger partial charge on any atom is 0.170 e. The molecular formula is C13H9BrF2N2OS. The van der Waals surface area contributed by atoms with Gasteiger partial charge in [0.15, 0.2) is 5.84 Å². The molecule has 20 heavy (non-hydrogen) atoms. The van der Waals surface area contributed by atoms with Crippen LogP contribution in [0.4, 0.5) is 8.78 Å². The van der Waals surface area contributed by atoms with Crippen LogP contribution >= 0.6 is 27.7 Å². The van der Waals surface area contributed by atoms with Gasteiger partial charge in [0.2, 0.25) is 0 Å². The molecule has 2 aromatic carbocycles. The lowest BCUT2D eigenvalue weighted by atomic mass is 10.2. The SMILES string of the molecule is N/C(=N/O)c1ccc(Sc2ccc(F)cc2F)c(Br)c1. The van der Waals surface area contributed by atoms with Crippen LogP contribution in [0, 0.1) is 11.6 Å². The summed E-state index contributed by atoms with van der Waals surface area (Å²) in [6.07, 6.45) is 0. The molecule has 0 aromatic heterocycles. The van der Waals surface area contributed by atoms with Gasteiger partial charge in [-0.1, -0.05) is 16.9 Å². The van der Waals surface area contributed by atoms with Crippen LogP contribution < -0.4 is 5.73 Å². The van der Waals surface area contributed by atoms with E-state index < -0.39 is 11.6 Å². The summed E-state index contributed by atoms with van der Waals surface area (Å²) < 4.78 is 27.1. The number of hydrogen-bond donors (Lipinski definition) is 2. The number of nitrogens with two attached hydrogens (primary N) is 1. The van der Waals surface area contributed by atoms with E-state index in [1.807, 2.05) is 0 Å². The van der Waals surface area contributed by atoms with Crippen molar-refractivity contribution in [3.05, 3.63) is 58.1 Å². The number of oxime groups is 1. The van der Waals surface area contributed by atoms with Crippen molar-refractivity contribution < 1.29 is 14.0 Å². The van der Waals surface area contributed by atoms with Crippen LogP contribution in [0.5, 0.6) is 0 Å². The van der Waals surface area contributed by atoms with Gasteiger partial charge in [-0.3, -0.25) is 0 Å². The summed E-state index contributed by atoms with van der Waals surface area (Å²) in [4.78, 5) is 1.04. The summed E-state index contributed by atoms with van der Waals surface area (Å²) in [6, 6.07) is 8.40. The van der Waals surface area contributed by atoms with E-state index in [1.165, 1.54) is 12.1 Å². The third kappa shape index (κ3) is 3.29. The van der Waals surface area contributed by atoms with Crippen molar-refractivity contribution in [1.29, 1.82) is 0 Å². The first-order valence-electron chi connectivity index (χ1n) is 5.41. The van der Waals surface area contributed by atoms with Crippen molar-refractivity contribution >= 4 is 33.5 Å². The summed E-state index contributed by atoms with van der Waals surface area (Å²) in [6.45, 7) is 0. The van der Waals surface area contributed by atoms with Gasteiger partial charge in [-0.25, -0.2) is 8.78 Å². The van der Waals surface area contributed by atoms with E-state index in [2.05, 4.69) is 21.1 Å². The second-order valence-corrected chi connectivity index (χ2v) is 5.75. The molecule has 0 bridgehead atoms. The maximum absolute atomic E-state index is 13.6. The van der Waals surface area contributed by atoms with Crippen LogP contribution in [0.2, 0.25) is 0 Å². The minimum Gasteiger partial charge on any atom is -0.409 e. The van der Waals surface area contributed by atoms with E-state index in [0.717, 1.165) is 22.7 Å². The highest BCUT2D eigenvalue weighted by Crippen LogP contribution is 2.35. The van der Waals surface area contributed by atoms with Gasteiger partial charge in [0.05, 0.1) is 0 Å². The van der Waals surface area contributed by atoms with Crippen LogP contribution in [0.25, 0.3) is 0 Å². The molecule has 0 saturated heterocycles. The van der Waals surface area contributed by atoms with Crippen LogP contribution in [-0.4, -0.2) is 11.0 Å². The number of benzene rings is 2. The standard InChI is InChI=1S/C13H9BrF2N2OS/c14-9-5-7(13(17)18-19)1-3-11(9)20-12-4-2-8(15)6-10(12)16/h1-6,19H,(H2,17,18). The van der Waals surface area contributed by atoms with E-state index in [0.29, 0.717) is 14.9 Å². The van der Waals surface area contributed by atoms with Gasteiger partial charge in [-0.05, 0) is 46.3 Å². The highest BCUT2D eigenvalue weighted by molar-refractivity contribution is 9.10. The minimum atomic E-state index is -0.623. The predicted octanol–water partition coefficient (Wildman–Crippen LogP) is 3.97. The zero-order valence-electron chi connectivity index (χ0n) is 9.98. The normalized spacial score (nSPS) is 11.7. The fourth-order valence-corrected chi connectivity index (χ4v) is 2.92. The summed E-state index contributed by atoms with van der Waals surface area (Å²) in [5.41, 5.74) is 6.01. The molecule has 0 aliphatic heterocycles. The number of amidine groups is 1. The molecule has 2 aromatic rings. The third-order valence-electron chi connectivity index (χ3n) is 2.45. The van der Waals surface area contributed by atoms with Crippen molar-refractivity contribution in [1.82, 2.24) is 0 Å². The van der Waals surface area contributed by atoms with Gasteiger partial charge >= 0.3 is 0 Å². The Balaban J connectivity index is 2.30. The molecule has 7 heteroatoms. The number of halogens is 3. The molecule has 0 saturated carbocycles. The van der Waals surface area contributed by atoms with Crippen LogP contribution in [0.3, 0.4) is 0 Å². The van der Waals surface area contributed by atoms with E-state index >= 15 is 0 Å². The lowest BCUT2D eigenvalue weighted by Gasteiger charge is -2.07. The molecule has 104 valence electrons. The smallest absolute Gasteiger partial charge is 0.170 e. The number of nitrogens with zero attached hydrogens (tertiary/aromatic N) is 1. The summed E-state index contributed by atoms with van der Waals surface area (Å²) in [5, 5.41) is 11.5. The van der Waals surface area contributed by atoms with Gasteiger partial charge in [0.1, 0.15) is 11.6 Å². The molecule has 0 atom stereocenters. The lowest BCUT2D eigenvalue weighted by Crippen LogP contribution is -2.12. The third-order valence-corrected chi connectivity index (χ3v) is 4.49. The van der Waals surface area contributed by atoms with Gasteiger partial charge in [0, 0.05) is 25.9 Å². The monoisotopic (exact) mass is 358 g/mol. The molecule has 0 aliphatic rings. The second-order valence-electron chi connectivity index (χ2n) is 3.81. The minimum absolute atomic E-state index is 0.0183. The molecule has 0 radical (unpaired) electrons. The Kier molecular flexibility index (Phi) is 4.61. The van der Waals surface area contributed by atoms with Gasteiger partial charge in [-0.15, -0.1) is 0 Å². The van der Waals surface area contributed by atoms with Crippen molar-refractivity contribution in [3.63, 3.8) is 0 Å². The first-order valence-corrected chi connectivity index (χ1v) is 7.02. The van der Waals surface area contributed by atoms with Crippen LogP contribution in [0.15, 0.2) is 55.8 Å². The highest BCUT2D eigenvalue weighted by atomic mass is 79.9. The first-order chi connectivity index (χ1) is 9.51. The first kappa shape index (κ1) is 14.8. The molecule has 0 spiro atoms. The molecule has 0 fully saturated rings. The Morgan fingerprint density at radius 1 is 1.15 bits per heavy atom. The second kappa shape index (κ2) is 6.23. The van der Waals surface area contributed by atoms with Crippen LogP contribution in [0.1, 0.15) is 5.56 Å². The topological polar surface area (TPSA) is 58.6 Å². The van der Waals surface area contributed by atoms with Crippen LogP contribution in [-0.2, 0) is 0 Å². The van der Waals surface area contributed by atoms with Crippen molar-refractivity contribution in [2.45, 2.75) is 9.79 Å². The Bertz CT molecular complexity index is 679. The fraction of sp³-hybridized carbons (Fsp3) is 0. The zero-order chi connectivity index (χ0) is 14.7. The van der Waals surface area contributed by atoms with Crippen molar-refractivity contribution in [2.24, 2.45) is 10.9 Å². The van der Waals surface area contributed by atoms with E-state index in [9.17, 15) is 8.78 Å². The summed E-state index contributed by atoms with van der Waals surface area (Å²) in [7, 11) is 0. The molecule has 0 unspecified atom stereocenters. The number of hydrogen-bond acceptors (Lipinski definition) is 3. The lowest BCUT2D eigenvalue weighted by molar-refractivity contribution is 0.318. The highest BCUT2D eigenvalue weighted by Gasteiger charge is 2.10. The van der Waals surface area contributed by atoms with E-state index in [1.54, 1.807) is 18.2 Å². The van der Waals surface area contributed by atoms with Crippen molar-refractivity contribution in [3.8, 4) is 0 Å². The Labute approximate surface area is 126 Å². The molecular weight excluding hydrogens is 350 g/mol. The fourth-order valence-electron chi connectivity index (χ4n) is 1.48. The van der Waals surface area contributed by atoms with Crippen molar-refractivity contribution in [2.75, 3.05) is 0 Å². The predicted molar refractivity (Wildman–Crippen MR) is 77.1 cm³/mol. The Morgan fingerprint density at radius 3 is 2.45 bits per heavy atom. The van der Waals surface area contributed by atoms with E-state index in [-0.39, 0.29) is 5.84 Å². The van der Waals surface area contributed by atoms with Gasteiger partial charge in [0.25, 0.3) is 0 Å². The Hall–Kier alpha value is -1.60. The molecule has 3 N–H and O–H groups in total. The average molecular weight is 359 g/mol.